The second-order valence-electron chi connectivity index (χ2n) is 6.56. The van der Waals surface area contributed by atoms with Crippen LogP contribution in [0.5, 0.6) is 0 Å². The van der Waals surface area contributed by atoms with E-state index in [1.807, 2.05) is 42.3 Å². The van der Waals surface area contributed by atoms with E-state index in [9.17, 15) is 0 Å². The molecular weight excluding hydrogens is 360 g/mol. The van der Waals surface area contributed by atoms with Crippen LogP contribution in [0.25, 0.3) is 11.6 Å². The Bertz CT molecular complexity index is 932. The van der Waals surface area contributed by atoms with Gasteiger partial charge in [-0.2, -0.15) is 19.9 Å². The molecule has 2 aromatic heterocycles. The molecule has 0 aliphatic carbocycles. The van der Waals surface area contributed by atoms with Crippen LogP contribution in [0.4, 0.5) is 23.6 Å². The van der Waals surface area contributed by atoms with Gasteiger partial charge in [0.15, 0.2) is 0 Å². The second kappa shape index (κ2) is 7.77. The first-order chi connectivity index (χ1) is 13.7. The van der Waals surface area contributed by atoms with Crippen LogP contribution in [-0.4, -0.2) is 58.4 Å². The van der Waals surface area contributed by atoms with Crippen LogP contribution >= 0.6 is 0 Å². The normalized spacial score (nSPS) is 16.5. The van der Waals surface area contributed by atoms with Crippen molar-refractivity contribution in [2.24, 2.45) is 0 Å². The molecule has 1 unspecified atom stereocenters. The van der Waals surface area contributed by atoms with Crippen LogP contribution < -0.4 is 15.5 Å². The van der Waals surface area contributed by atoms with Crippen LogP contribution in [-0.2, 0) is 4.74 Å². The van der Waals surface area contributed by atoms with E-state index in [0.29, 0.717) is 18.6 Å². The van der Waals surface area contributed by atoms with Gasteiger partial charge in [0, 0.05) is 26.4 Å². The summed E-state index contributed by atoms with van der Waals surface area (Å²) in [5.74, 6) is 1.03. The maximum absolute atomic E-state index is 5.90. The lowest BCUT2D eigenvalue weighted by Crippen LogP contribution is -2.32. The molecule has 10 nitrogen and oxygen atoms in total. The van der Waals surface area contributed by atoms with Crippen LogP contribution in [0.2, 0.25) is 0 Å². The molecule has 1 atom stereocenters. The van der Waals surface area contributed by atoms with Gasteiger partial charge in [0.2, 0.25) is 23.5 Å². The number of nitrogens with zero attached hydrogens (tertiary/aromatic N) is 7. The summed E-state index contributed by atoms with van der Waals surface area (Å²) in [6.07, 6.45) is 2.08. The molecule has 3 aromatic rings. The molecule has 1 fully saturated rings. The van der Waals surface area contributed by atoms with E-state index in [2.05, 4.69) is 30.0 Å². The van der Waals surface area contributed by atoms with Crippen LogP contribution in [0.15, 0.2) is 34.9 Å². The number of aromatic nitrogens is 5. The first-order valence-electron chi connectivity index (χ1n) is 9.05. The predicted molar refractivity (Wildman–Crippen MR) is 104 cm³/mol. The zero-order valence-electron chi connectivity index (χ0n) is 15.8. The topological polar surface area (TPSA) is 119 Å². The minimum atomic E-state index is 0.0903. The molecule has 3 heterocycles. The van der Waals surface area contributed by atoms with Crippen LogP contribution in [0.1, 0.15) is 12.8 Å². The Labute approximate surface area is 162 Å². The third-order valence-corrected chi connectivity index (χ3v) is 4.68. The van der Waals surface area contributed by atoms with Crippen molar-refractivity contribution in [1.82, 2.24) is 25.1 Å². The molecule has 0 spiro atoms. The van der Waals surface area contributed by atoms with Gasteiger partial charge in [-0.15, -0.1) is 0 Å². The molecule has 10 heteroatoms. The van der Waals surface area contributed by atoms with Crippen molar-refractivity contribution in [3.8, 4) is 11.6 Å². The van der Waals surface area contributed by atoms with Crippen LogP contribution in [0.3, 0.4) is 0 Å². The Kier molecular flexibility index (Phi) is 5.02. The minimum Gasteiger partial charge on any atom is -0.383 e. The maximum Gasteiger partial charge on any atom is 0.324 e. The monoisotopic (exact) mass is 382 g/mol. The molecule has 1 aliphatic rings. The number of anilines is 4. The van der Waals surface area contributed by atoms with Crippen molar-refractivity contribution in [3.63, 3.8) is 0 Å². The number of benzene rings is 1. The van der Waals surface area contributed by atoms with Gasteiger partial charge in [-0.1, -0.05) is 23.4 Å². The van der Waals surface area contributed by atoms with Crippen LogP contribution in [0, 0.1) is 0 Å². The van der Waals surface area contributed by atoms with Crippen molar-refractivity contribution < 1.29 is 9.26 Å². The molecule has 28 heavy (non-hydrogen) atoms. The summed E-state index contributed by atoms with van der Waals surface area (Å²) in [5, 5.41) is 4.04. The number of rotatable bonds is 6. The van der Waals surface area contributed by atoms with E-state index in [-0.39, 0.29) is 23.6 Å². The quantitative estimate of drug-likeness (QED) is 0.676. The number of para-hydroxylation sites is 1. The van der Waals surface area contributed by atoms with Gasteiger partial charge in [-0.3, -0.25) is 0 Å². The van der Waals surface area contributed by atoms with Crippen molar-refractivity contribution in [2.45, 2.75) is 18.9 Å². The highest BCUT2D eigenvalue weighted by atomic mass is 16.5. The zero-order chi connectivity index (χ0) is 19.5. The number of nitrogens with two attached hydrogens (primary N) is 1. The maximum atomic E-state index is 5.90. The molecular formula is C18H22N8O2. The molecule has 0 amide bonds. The lowest BCUT2D eigenvalue weighted by Gasteiger charge is -2.20. The fourth-order valence-electron chi connectivity index (χ4n) is 3.27. The molecule has 0 radical (unpaired) electrons. The Morgan fingerprint density at radius 1 is 1.18 bits per heavy atom. The lowest BCUT2D eigenvalue weighted by atomic mass is 10.2. The summed E-state index contributed by atoms with van der Waals surface area (Å²) in [6, 6.07) is 10.4. The highest BCUT2D eigenvalue weighted by Crippen LogP contribution is 2.27. The van der Waals surface area contributed by atoms with E-state index in [1.54, 1.807) is 7.11 Å². The summed E-state index contributed by atoms with van der Waals surface area (Å²) in [6.45, 7) is 1.46. The first kappa shape index (κ1) is 18.1. The van der Waals surface area contributed by atoms with Gasteiger partial charge in [0.05, 0.1) is 12.6 Å². The molecule has 1 aliphatic heterocycles. The third-order valence-electron chi connectivity index (χ3n) is 4.68. The molecule has 2 N–H and O–H groups in total. The summed E-state index contributed by atoms with van der Waals surface area (Å²) < 4.78 is 10.7. The molecule has 4 rings (SSSR count). The van der Waals surface area contributed by atoms with Crippen molar-refractivity contribution in [3.05, 3.63) is 30.3 Å². The van der Waals surface area contributed by atoms with Gasteiger partial charge in [0.1, 0.15) is 0 Å². The number of ether oxygens (including phenoxy) is 1. The van der Waals surface area contributed by atoms with Crippen molar-refractivity contribution in [2.75, 3.05) is 42.8 Å². The van der Waals surface area contributed by atoms with Crippen molar-refractivity contribution >= 4 is 23.6 Å². The molecule has 0 bridgehead atoms. The van der Waals surface area contributed by atoms with E-state index < -0.39 is 0 Å². The number of nitrogen functional groups attached to an aromatic ring is 1. The van der Waals surface area contributed by atoms with Gasteiger partial charge in [-0.05, 0) is 25.0 Å². The zero-order valence-corrected chi connectivity index (χ0v) is 15.8. The first-order valence-corrected chi connectivity index (χ1v) is 9.05. The van der Waals surface area contributed by atoms with E-state index >= 15 is 0 Å². The van der Waals surface area contributed by atoms with Gasteiger partial charge < -0.3 is 24.8 Å². The number of hydrogen-bond acceptors (Lipinski definition) is 10. The molecule has 0 saturated carbocycles. The molecule has 1 saturated heterocycles. The van der Waals surface area contributed by atoms with E-state index in [4.69, 9.17) is 15.0 Å². The number of methoxy groups -OCH3 is 1. The number of hydrogen-bond donors (Lipinski definition) is 1. The predicted octanol–water partition coefficient (Wildman–Crippen LogP) is 1.89. The summed E-state index contributed by atoms with van der Waals surface area (Å²) >= 11 is 0. The van der Waals surface area contributed by atoms with Gasteiger partial charge >= 0.3 is 6.01 Å². The molecule has 146 valence electrons. The fraction of sp³-hybridized carbons (Fsp3) is 0.389. The lowest BCUT2D eigenvalue weighted by molar-refractivity contribution is 0.178. The summed E-state index contributed by atoms with van der Waals surface area (Å²) in [5.41, 5.74) is 6.82. The van der Waals surface area contributed by atoms with Gasteiger partial charge in [-0.25, -0.2) is 0 Å². The highest BCUT2D eigenvalue weighted by molar-refractivity contribution is 5.59. The minimum absolute atomic E-state index is 0.0903. The molecule has 1 aromatic carbocycles. The Balaban J connectivity index is 1.62. The van der Waals surface area contributed by atoms with E-state index in [0.717, 1.165) is 25.1 Å². The summed E-state index contributed by atoms with van der Waals surface area (Å²) in [4.78, 5) is 21.2. The Morgan fingerprint density at radius 2 is 2.00 bits per heavy atom. The SMILES string of the molecule is COCC1CCCN1c1nc(-c2nc(N)nc(N(C)c3ccccc3)n2)no1. The van der Waals surface area contributed by atoms with Gasteiger partial charge in [0.25, 0.3) is 0 Å². The second-order valence-corrected chi connectivity index (χ2v) is 6.56. The average Bonchev–Trinajstić information content (AvgIpc) is 3.37. The van der Waals surface area contributed by atoms with E-state index in [1.165, 1.54) is 0 Å². The third kappa shape index (κ3) is 3.58. The largest absolute Gasteiger partial charge is 0.383 e. The Hall–Kier alpha value is -3.27. The highest BCUT2D eigenvalue weighted by Gasteiger charge is 2.29. The van der Waals surface area contributed by atoms with Crippen molar-refractivity contribution in [1.29, 1.82) is 0 Å². The smallest absolute Gasteiger partial charge is 0.324 e. The summed E-state index contributed by atoms with van der Waals surface area (Å²) in [7, 11) is 3.54. The average molecular weight is 382 g/mol. The Morgan fingerprint density at radius 3 is 2.79 bits per heavy atom. The fourth-order valence-corrected chi connectivity index (χ4v) is 3.27. The standard InChI is InChI=1S/C18H22N8O2/c1-25(12-7-4-3-5-8-12)17-21-14(20-16(19)23-17)15-22-18(28-24-15)26-10-6-9-13(26)11-27-2/h3-5,7-8,13H,6,9-11H2,1-2H3,(H2,19,20,21,23).